The van der Waals surface area contributed by atoms with Crippen molar-refractivity contribution in [1.82, 2.24) is 14.8 Å². The Morgan fingerprint density at radius 2 is 1.81 bits per heavy atom. The van der Waals surface area contributed by atoms with E-state index < -0.39 is 0 Å². The molecule has 2 aliphatic heterocycles. The smallest absolute Gasteiger partial charge is 0.226 e. The van der Waals surface area contributed by atoms with E-state index in [-0.39, 0.29) is 18.0 Å². The van der Waals surface area contributed by atoms with Crippen LogP contribution >= 0.6 is 15.9 Å². The van der Waals surface area contributed by atoms with Crippen molar-refractivity contribution in [2.75, 3.05) is 5.32 Å². The summed E-state index contributed by atoms with van der Waals surface area (Å²) in [7, 11) is 0. The lowest BCUT2D eigenvalue weighted by Crippen LogP contribution is -2.32. The molecular weight excluding hydrogens is 459 g/mol. The first kappa shape index (κ1) is 18.3. The Hall–Kier alpha value is -3.45. The van der Waals surface area contributed by atoms with E-state index in [4.69, 9.17) is 4.74 Å². The van der Waals surface area contributed by atoms with Crippen LogP contribution in [0.4, 0.5) is 10.3 Å². The molecule has 0 spiro atoms. The van der Waals surface area contributed by atoms with Gasteiger partial charge in [-0.3, -0.25) is 0 Å². The quantitative estimate of drug-likeness (QED) is 0.402. The van der Waals surface area contributed by atoms with Gasteiger partial charge in [0.25, 0.3) is 0 Å². The Morgan fingerprint density at radius 1 is 0.968 bits per heavy atom. The summed E-state index contributed by atoms with van der Waals surface area (Å²) < 4.78 is 23.1. The van der Waals surface area contributed by atoms with Gasteiger partial charge >= 0.3 is 0 Å². The van der Waals surface area contributed by atoms with Crippen molar-refractivity contribution >= 4 is 27.6 Å². The topological polar surface area (TPSA) is 52.0 Å². The van der Waals surface area contributed by atoms with Crippen molar-refractivity contribution in [3.63, 3.8) is 0 Å². The fourth-order valence-corrected chi connectivity index (χ4v) is 4.74. The maximum atomic E-state index is 13.7. The number of fused-ring (bicyclic) bond motifs is 3. The summed E-state index contributed by atoms with van der Waals surface area (Å²) in [4.78, 5) is 4.41. The van der Waals surface area contributed by atoms with Crippen LogP contribution in [0.3, 0.4) is 0 Å². The van der Waals surface area contributed by atoms with Gasteiger partial charge in [-0.2, -0.15) is 10.1 Å². The summed E-state index contributed by atoms with van der Waals surface area (Å²) in [5, 5.41) is 7.94. The highest BCUT2D eigenvalue weighted by molar-refractivity contribution is 9.10. The van der Waals surface area contributed by atoms with Crippen LogP contribution in [-0.2, 0) is 0 Å². The van der Waals surface area contributed by atoms with Gasteiger partial charge in [0.2, 0.25) is 5.95 Å². The predicted octanol–water partition coefficient (Wildman–Crippen LogP) is 5.74. The third-order valence-electron chi connectivity index (χ3n) is 5.66. The summed E-state index contributed by atoms with van der Waals surface area (Å²) in [6, 6.07) is 22.3. The molecule has 6 rings (SSSR count). The monoisotopic (exact) mass is 474 g/mol. The summed E-state index contributed by atoms with van der Waals surface area (Å²) in [5.74, 6) is 1.15. The number of nitrogens with one attached hydrogen (secondary N) is 1. The zero-order chi connectivity index (χ0) is 20.9. The van der Waals surface area contributed by atoms with Crippen LogP contribution in [0, 0.1) is 5.82 Å². The number of nitrogens with zero attached hydrogens (tertiary/aromatic N) is 3. The maximum absolute atomic E-state index is 13.7. The van der Waals surface area contributed by atoms with Crippen molar-refractivity contribution in [2.24, 2.45) is 0 Å². The molecule has 3 aromatic carbocycles. The lowest BCUT2D eigenvalue weighted by Gasteiger charge is -2.39. The number of hydrogen-bond donors (Lipinski definition) is 1. The average Bonchev–Trinajstić information content (AvgIpc) is 3.26. The standard InChI is InChI=1S/C24H16BrFN4O/c25-16-5-3-4-15(12-16)23-20-21(18-6-1-2-7-19(18)31-23)29-24-27-13-28-30(24)22(20)14-8-10-17(26)11-9-14/h1-13,22-23H,(H,27,28,29)/t22-,23+/m0/s1. The molecule has 0 fully saturated rings. The first-order valence-corrected chi connectivity index (χ1v) is 10.7. The third kappa shape index (κ3) is 2.96. The van der Waals surface area contributed by atoms with Gasteiger partial charge in [-0.25, -0.2) is 9.07 Å². The zero-order valence-corrected chi connectivity index (χ0v) is 17.8. The SMILES string of the molecule is Fc1ccc([C@H]2C3=C(Nc4ncnn42)c2ccccc2O[C@@H]3c2cccc(Br)c2)cc1. The predicted molar refractivity (Wildman–Crippen MR) is 119 cm³/mol. The van der Waals surface area contributed by atoms with Crippen LogP contribution in [0.2, 0.25) is 0 Å². The number of para-hydroxylation sites is 1. The molecule has 31 heavy (non-hydrogen) atoms. The molecule has 0 unspecified atom stereocenters. The molecule has 2 atom stereocenters. The third-order valence-corrected chi connectivity index (χ3v) is 6.15. The Kier molecular flexibility index (Phi) is 4.17. The first-order chi connectivity index (χ1) is 15.2. The van der Waals surface area contributed by atoms with E-state index in [1.165, 1.54) is 18.5 Å². The van der Waals surface area contributed by atoms with Crippen molar-refractivity contribution < 1.29 is 9.13 Å². The fraction of sp³-hybridized carbons (Fsp3) is 0.0833. The first-order valence-electron chi connectivity index (χ1n) is 9.86. The van der Waals surface area contributed by atoms with E-state index in [0.717, 1.165) is 38.2 Å². The van der Waals surface area contributed by atoms with Crippen LogP contribution in [-0.4, -0.2) is 14.8 Å². The van der Waals surface area contributed by atoms with Gasteiger partial charge in [0, 0.05) is 15.6 Å². The lowest BCUT2D eigenvalue weighted by atomic mass is 9.84. The van der Waals surface area contributed by atoms with Crippen LogP contribution < -0.4 is 10.1 Å². The second-order valence-electron chi connectivity index (χ2n) is 7.49. The highest BCUT2D eigenvalue weighted by Gasteiger charge is 2.40. The molecular formula is C24H16BrFN4O. The minimum Gasteiger partial charge on any atom is -0.480 e. The molecule has 1 aromatic heterocycles. The van der Waals surface area contributed by atoms with E-state index in [2.05, 4.69) is 37.4 Å². The van der Waals surface area contributed by atoms with Crippen molar-refractivity contribution in [3.05, 3.63) is 112 Å². The summed E-state index contributed by atoms with van der Waals surface area (Å²) in [6.07, 6.45) is 1.17. The largest absolute Gasteiger partial charge is 0.480 e. The molecule has 2 aliphatic rings. The van der Waals surface area contributed by atoms with Gasteiger partial charge < -0.3 is 10.1 Å². The van der Waals surface area contributed by atoms with Gasteiger partial charge in [-0.15, -0.1) is 0 Å². The van der Waals surface area contributed by atoms with Gasteiger partial charge in [-0.05, 0) is 47.5 Å². The van der Waals surface area contributed by atoms with Crippen molar-refractivity contribution in [3.8, 4) is 5.75 Å². The molecule has 7 heteroatoms. The number of ether oxygens (including phenoxy) is 1. The minimum atomic E-state index is -0.359. The number of anilines is 1. The molecule has 1 N–H and O–H groups in total. The molecule has 0 saturated heterocycles. The molecule has 0 saturated carbocycles. The van der Waals surface area contributed by atoms with Crippen LogP contribution in [0.15, 0.2) is 89.2 Å². The van der Waals surface area contributed by atoms with Crippen molar-refractivity contribution in [1.29, 1.82) is 0 Å². The average molecular weight is 475 g/mol. The van der Waals surface area contributed by atoms with Crippen LogP contribution in [0.25, 0.3) is 5.70 Å². The van der Waals surface area contributed by atoms with E-state index in [1.54, 1.807) is 12.1 Å². The Morgan fingerprint density at radius 3 is 2.65 bits per heavy atom. The van der Waals surface area contributed by atoms with Crippen LogP contribution in [0.5, 0.6) is 5.75 Å². The Balaban J connectivity index is 1.63. The summed E-state index contributed by atoms with van der Waals surface area (Å²) in [6.45, 7) is 0. The molecule has 0 aliphatic carbocycles. The fourth-order valence-electron chi connectivity index (χ4n) is 4.33. The second-order valence-corrected chi connectivity index (χ2v) is 8.40. The number of benzene rings is 3. The van der Waals surface area contributed by atoms with Gasteiger partial charge in [-0.1, -0.05) is 52.3 Å². The van der Waals surface area contributed by atoms with E-state index in [9.17, 15) is 4.39 Å². The van der Waals surface area contributed by atoms with Gasteiger partial charge in [0.15, 0.2) is 0 Å². The molecule has 0 amide bonds. The normalized spacial score (nSPS) is 19.0. The molecule has 152 valence electrons. The van der Waals surface area contributed by atoms with E-state index in [0.29, 0.717) is 5.95 Å². The molecule has 5 nitrogen and oxygen atoms in total. The minimum absolute atomic E-state index is 0.278. The Bertz CT molecular complexity index is 1330. The number of aromatic nitrogens is 3. The Labute approximate surface area is 186 Å². The van der Waals surface area contributed by atoms with Gasteiger partial charge in [0.1, 0.15) is 30.0 Å². The van der Waals surface area contributed by atoms with Gasteiger partial charge in [0.05, 0.1) is 5.70 Å². The highest BCUT2D eigenvalue weighted by Crippen LogP contribution is 2.50. The van der Waals surface area contributed by atoms with Crippen molar-refractivity contribution in [2.45, 2.75) is 12.1 Å². The van der Waals surface area contributed by atoms with E-state index in [1.807, 2.05) is 47.1 Å². The molecule has 0 bridgehead atoms. The number of halogens is 2. The van der Waals surface area contributed by atoms with E-state index >= 15 is 0 Å². The second kappa shape index (κ2) is 7.06. The number of rotatable bonds is 2. The molecule has 0 radical (unpaired) electrons. The summed E-state index contributed by atoms with van der Waals surface area (Å²) >= 11 is 3.58. The van der Waals surface area contributed by atoms with Crippen LogP contribution in [0.1, 0.15) is 28.8 Å². The summed E-state index contributed by atoms with van der Waals surface area (Å²) in [5.41, 5.74) is 4.83. The molecule has 4 aromatic rings. The number of hydrogen-bond acceptors (Lipinski definition) is 4. The maximum Gasteiger partial charge on any atom is 0.226 e. The zero-order valence-electron chi connectivity index (χ0n) is 16.2. The lowest BCUT2D eigenvalue weighted by molar-refractivity contribution is 0.223. The highest BCUT2D eigenvalue weighted by atomic mass is 79.9. The molecule has 3 heterocycles.